The number of hydrogen-bond donors (Lipinski definition) is 1. The van der Waals surface area contributed by atoms with Gasteiger partial charge in [0.1, 0.15) is 5.75 Å². The summed E-state index contributed by atoms with van der Waals surface area (Å²) in [6, 6.07) is 5.52. The molecule has 1 aromatic rings. The molecular weight excluding hydrogens is 256 g/mol. The molecule has 20 heavy (non-hydrogen) atoms. The van der Waals surface area contributed by atoms with Gasteiger partial charge in [0.25, 0.3) is 0 Å². The molecule has 2 heterocycles. The second kappa shape index (κ2) is 5.25. The van der Waals surface area contributed by atoms with E-state index in [4.69, 9.17) is 10.5 Å². The fraction of sp³-hybridized carbons (Fsp3) is 0.467. The molecule has 2 amide bonds. The highest BCUT2D eigenvalue weighted by Gasteiger charge is 2.31. The summed E-state index contributed by atoms with van der Waals surface area (Å²) in [5.41, 5.74) is 8.04. The molecule has 1 aromatic carbocycles. The Morgan fingerprint density at radius 3 is 3.00 bits per heavy atom. The Bertz CT molecular complexity index is 556. The monoisotopic (exact) mass is 274 g/mol. The maximum Gasteiger partial charge on any atom is 0.246 e. The summed E-state index contributed by atoms with van der Waals surface area (Å²) in [4.78, 5) is 25.0. The maximum atomic E-state index is 11.9. The van der Waals surface area contributed by atoms with E-state index in [0.29, 0.717) is 25.8 Å². The summed E-state index contributed by atoms with van der Waals surface area (Å²) in [6.45, 7) is 1.14. The van der Waals surface area contributed by atoms with Gasteiger partial charge in [-0.15, -0.1) is 0 Å². The normalized spacial score (nSPS) is 21.9. The van der Waals surface area contributed by atoms with Crippen LogP contribution in [0, 0.1) is 0 Å². The SMILES string of the molecule is NC1CCC(=O)N(CCc2ccc3c(c2)CCO3)C1=O. The number of rotatable bonds is 3. The van der Waals surface area contributed by atoms with E-state index in [-0.39, 0.29) is 11.8 Å². The van der Waals surface area contributed by atoms with Crippen LogP contribution in [0.15, 0.2) is 18.2 Å². The van der Waals surface area contributed by atoms with E-state index in [1.165, 1.54) is 10.5 Å². The van der Waals surface area contributed by atoms with Gasteiger partial charge in [-0.25, -0.2) is 0 Å². The molecular formula is C15H18N2O3. The van der Waals surface area contributed by atoms with Crippen molar-refractivity contribution in [2.75, 3.05) is 13.2 Å². The molecule has 0 bridgehead atoms. The summed E-state index contributed by atoms with van der Waals surface area (Å²) in [7, 11) is 0. The first kappa shape index (κ1) is 13.1. The van der Waals surface area contributed by atoms with Crippen molar-refractivity contribution in [1.82, 2.24) is 4.90 Å². The van der Waals surface area contributed by atoms with Crippen molar-refractivity contribution in [2.45, 2.75) is 31.7 Å². The van der Waals surface area contributed by atoms with Gasteiger partial charge in [0, 0.05) is 19.4 Å². The van der Waals surface area contributed by atoms with Crippen molar-refractivity contribution in [2.24, 2.45) is 5.73 Å². The number of ether oxygens (including phenoxy) is 1. The summed E-state index contributed by atoms with van der Waals surface area (Å²) in [6.07, 6.45) is 2.42. The number of benzene rings is 1. The van der Waals surface area contributed by atoms with Crippen LogP contribution in [0.5, 0.6) is 5.75 Å². The highest BCUT2D eigenvalue weighted by Crippen LogP contribution is 2.26. The van der Waals surface area contributed by atoms with Crippen LogP contribution in [-0.4, -0.2) is 35.9 Å². The van der Waals surface area contributed by atoms with Crippen LogP contribution < -0.4 is 10.5 Å². The van der Waals surface area contributed by atoms with Crippen LogP contribution in [-0.2, 0) is 22.4 Å². The number of carbonyl (C=O) groups excluding carboxylic acids is 2. The van der Waals surface area contributed by atoms with Crippen LogP contribution in [0.3, 0.4) is 0 Å². The molecule has 1 saturated heterocycles. The van der Waals surface area contributed by atoms with E-state index in [1.807, 2.05) is 12.1 Å². The van der Waals surface area contributed by atoms with E-state index in [2.05, 4.69) is 6.07 Å². The predicted molar refractivity (Wildman–Crippen MR) is 73.3 cm³/mol. The number of carbonyl (C=O) groups is 2. The van der Waals surface area contributed by atoms with Crippen LogP contribution >= 0.6 is 0 Å². The first-order valence-electron chi connectivity index (χ1n) is 6.99. The van der Waals surface area contributed by atoms with Crippen molar-refractivity contribution < 1.29 is 14.3 Å². The van der Waals surface area contributed by atoms with Crippen LogP contribution in [0.1, 0.15) is 24.0 Å². The number of nitrogens with two attached hydrogens (primary N) is 1. The number of imide groups is 1. The van der Waals surface area contributed by atoms with E-state index < -0.39 is 6.04 Å². The molecule has 1 fully saturated rings. The van der Waals surface area contributed by atoms with Gasteiger partial charge in [0.15, 0.2) is 0 Å². The van der Waals surface area contributed by atoms with Gasteiger partial charge in [-0.3, -0.25) is 14.5 Å². The average Bonchev–Trinajstić information content (AvgIpc) is 2.90. The summed E-state index contributed by atoms with van der Waals surface area (Å²) in [5.74, 6) is 0.591. The van der Waals surface area contributed by atoms with Gasteiger partial charge in [-0.2, -0.15) is 0 Å². The van der Waals surface area contributed by atoms with Crippen LogP contribution in [0.2, 0.25) is 0 Å². The van der Waals surface area contributed by atoms with E-state index in [9.17, 15) is 9.59 Å². The Hall–Kier alpha value is -1.88. The minimum Gasteiger partial charge on any atom is -0.493 e. The molecule has 3 rings (SSSR count). The van der Waals surface area contributed by atoms with E-state index in [1.54, 1.807) is 0 Å². The minimum atomic E-state index is -0.527. The van der Waals surface area contributed by atoms with Gasteiger partial charge >= 0.3 is 0 Å². The number of fused-ring (bicyclic) bond motifs is 1. The molecule has 2 aliphatic rings. The molecule has 0 radical (unpaired) electrons. The molecule has 5 nitrogen and oxygen atoms in total. The highest BCUT2D eigenvalue weighted by atomic mass is 16.5. The minimum absolute atomic E-state index is 0.110. The van der Waals surface area contributed by atoms with Crippen molar-refractivity contribution in [3.63, 3.8) is 0 Å². The van der Waals surface area contributed by atoms with Crippen LogP contribution in [0.25, 0.3) is 0 Å². The van der Waals surface area contributed by atoms with Gasteiger partial charge in [0.2, 0.25) is 11.8 Å². The number of likely N-dealkylation sites (tertiary alicyclic amines) is 1. The molecule has 2 aliphatic heterocycles. The average molecular weight is 274 g/mol. The molecule has 0 spiro atoms. The lowest BCUT2D eigenvalue weighted by molar-refractivity contribution is -0.149. The topological polar surface area (TPSA) is 72.6 Å². The van der Waals surface area contributed by atoms with Gasteiger partial charge in [-0.05, 0) is 30.0 Å². The fourth-order valence-corrected chi connectivity index (χ4v) is 2.73. The first-order valence-corrected chi connectivity index (χ1v) is 6.99. The zero-order valence-electron chi connectivity index (χ0n) is 11.3. The smallest absolute Gasteiger partial charge is 0.246 e. The Labute approximate surface area is 117 Å². The molecule has 0 aromatic heterocycles. The van der Waals surface area contributed by atoms with Crippen LogP contribution in [0.4, 0.5) is 0 Å². The maximum absolute atomic E-state index is 11.9. The molecule has 1 unspecified atom stereocenters. The number of nitrogens with zero attached hydrogens (tertiary/aromatic N) is 1. The molecule has 0 aliphatic carbocycles. The molecule has 1 atom stereocenters. The molecule has 106 valence electrons. The second-order valence-electron chi connectivity index (χ2n) is 5.32. The first-order chi connectivity index (χ1) is 9.65. The lowest BCUT2D eigenvalue weighted by Crippen LogP contribution is -2.51. The number of amides is 2. The largest absolute Gasteiger partial charge is 0.493 e. The highest BCUT2D eigenvalue weighted by molar-refractivity contribution is 6.00. The Morgan fingerprint density at radius 2 is 2.15 bits per heavy atom. The summed E-state index contributed by atoms with van der Waals surface area (Å²) in [5, 5.41) is 0. The summed E-state index contributed by atoms with van der Waals surface area (Å²) < 4.78 is 5.46. The second-order valence-corrected chi connectivity index (χ2v) is 5.32. The molecule has 0 saturated carbocycles. The lowest BCUT2D eigenvalue weighted by Gasteiger charge is -2.28. The number of hydrogen-bond acceptors (Lipinski definition) is 4. The van der Waals surface area contributed by atoms with Gasteiger partial charge in [-0.1, -0.05) is 12.1 Å². The van der Waals surface area contributed by atoms with E-state index in [0.717, 1.165) is 24.3 Å². The Kier molecular flexibility index (Phi) is 3.44. The zero-order valence-corrected chi connectivity index (χ0v) is 11.3. The Balaban J connectivity index is 1.66. The fourth-order valence-electron chi connectivity index (χ4n) is 2.73. The van der Waals surface area contributed by atoms with Crippen molar-refractivity contribution >= 4 is 11.8 Å². The standard InChI is InChI=1S/C15H18N2O3/c16-12-2-4-14(18)17(15(12)19)7-5-10-1-3-13-11(9-10)6-8-20-13/h1,3,9,12H,2,4-8,16H2. The Morgan fingerprint density at radius 1 is 1.30 bits per heavy atom. The lowest BCUT2D eigenvalue weighted by atomic mass is 10.0. The summed E-state index contributed by atoms with van der Waals surface area (Å²) >= 11 is 0. The third-order valence-electron chi connectivity index (χ3n) is 3.93. The van der Waals surface area contributed by atoms with Crippen molar-refractivity contribution in [3.8, 4) is 5.75 Å². The third-order valence-corrected chi connectivity index (χ3v) is 3.93. The van der Waals surface area contributed by atoms with E-state index >= 15 is 0 Å². The third kappa shape index (κ3) is 2.41. The van der Waals surface area contributed by atoms with Gasteiger partial charge in [0.05, 0.1) is 12.6 Å². The predicted octanol–water partition coefficient (Wildman–Crippen LogP) is 0.640. The van der Waals surface area contributed by atoms with Gasteiger partial charge < -0.3 is 10.5 Å². The molecule has 5 heteroatoms. The molecule has 2 N–H and O–H groups in total. The zero-order chi connectivity index (χ0) is 14.1. The van der Waals surface area contributed by atoms with Crippen molar-refractivity contribution in [3.05, 3.63) is 29.3 Å². The quantitative estimate of drug-likeness (QED) is 0.821. The number of piperidine rings is 1. The van der Waals surface area contributed by atoms with Crippen molar-refractivity contribution in [1.29, 1.82) is 0 Å².